The highest BCUT2D eigenvalue weighted by Crippen LogP contribution is 2.27. The molecule has 1 fully saturated rings. The van der Waals surface area contributed by atoms with Crippen LogP contribution in [0.4, 0.5) is 5.69 Å². The largest absolute Gasteiger partial charge is 0.384 e. The Kier molecular flexibility index (Phi) is 3.45. The van der Waals surface area contributed by atoms with E-state index in [2.05, 4.69) is 29.7 Å². The maximum atomic E-state index is 12.4. The average Bonchev–Trinajstić information content (AvgIpc) is 2.84. The first-order valence-electron chi connectivity index (χ1n) is 7.36. The molecule has 1 aliphatic heterocycles. The number of hydrogen-bond acceptors (Lipinski definition) is 2. The lowest BCUT2D eigenvalue weighted by atomic mass is 9.92. The Labute approximate surface area is 114 Å². The molecule has 102 valence electrons. The van der Waals surface area contributed by atoms with Crippen molar-refractivity contribution in [3.63, 3.8) is 0 Å². The number of carbonyl (C=O) groups is 1. The lowest BCUT2D eigenvalue weighted by Gasteiger charge is -2.27. The lowest BCUT2D eigenvalue weighted by molar-refractivity contribution is -0.125. The van der Waals surface area contributed by atoms with Gasteiger partial charge >= 0.3 is 0 Å². The first kappa shape index (κ1) is 12.5. The Hall–Kier alpha value is -1.51. The lowest BCUT2D eigenvalue weighted by Crippen LogP contribution is -2.44. The molecule has 0 saturated heterocycles. The van der Waals surface area contributed by atoms with Gasteiger partial charge in [0.15, 0.2) is 0 Å². The summed E-state index contributed by atoms with van der Waals surface area (Å²) in [6, 6.07) is 8.67. The minimum absolute atomic E-state index is 0.0719. The van der Waals surface area contributed by atoms with Crippen LogP contribution in [0.25, 0.3) is 0 Å². The second-order valence-electron chi connectivity index (χ2n) is 5.96. The van der Waals surface area contributed by atoms with Gasteiger partial charge in [-0.25, -0.2) is 0 Å². The number of fused-ring (bicyclic) bond motifs is 1. The highest BCUT2D eigenvalue weighted by molar-refractivity contribution is 5.81. The Morgan fingerprint density at radius 1 is 1.32 bits per heavy atom. The van der Waals surface area contributed by atoms with Gasteiger partial charge in [0.25, 0.3) is 0 Å². The van der Waals surface area contributed by atoms with Gasteiger partial charge in [-0.1, -0.05) is 31.5 Å². The maximum Gasteiger partial charge on any atom is 0.225 e. The van der Waals surface area contributed by atoms with E-state index in [1.807, 2.05) is 12.1 Å². The Morgan fingerprint density at radius 2 is 2.16 bits per heavy atom. The number of carbonyl (C=O) groups excluding carboxylic acids is 1. The van der Waals surface area contributed by atoms with E-state index in [1.54, 1.807) is 0 Å². The number of amides is 1. The molecule has 1 aromatic carbocycles. The van der Waals surface area contributed by atoms with Crippen LogP contribution in [0.2, 0.25) is 0 Å². The molecule has 0 radical (unpaired) electrons. The molecule has 1 amide bonds. The molecule has 1 aliphatic carbocycles. The zero-order valence-electron chi connectivity index (χ0n) is 11.5. The van der Waals surface area contributed by atoms with E-state index in [0.29, 0.717) is 12.0 Å². The van der Waals surface area contributed by atoms with Crippen LogP contribution in [0.3, 0.4) is 0 Å². The number of anilines is 1. The molecular formula is C16H22N2O. The van der Waals surface area contributed by atoms with Crippen LogP contribution in [-0.2, 0) is 11.2 Å². The molecule has 1 saturated carbocycles. The third kappa shape index (κ3) is 2.60. The quantitative estimate of drug-likeness (QED) is 0.856. The Bertz CT molecular complexity index is 472. The summed E-state index contributed by atoms with van der Waals surface area (Å²) in [4.78, 5) is 12.4. The monoisotopic (exact) mass is 258 g/mol. The van der Waals surface area contributed by atoms with Gasteiger partial charge in [-0.2, -0.15) is 0 Å². The second kappa shape index (κ2) is 5.24. The molecule has 2 N–H and O–H groups in total. The van der Waals surface area contributed by atoms with Crippen LogP contribution in [0.1, 0.15) is 31.7 Å². The second-order valence-corrected chi connectivity index (χ2v) is 5.96. The first-order chi connectivity index (χ1) is 9.24. The third-order valence-corrected chi connectivity index (χ3v) is 4.58. The Balaban J connectivity index is 1.63. The van der Waals surface area contributed by atoms with Crippen LogP contribution in [0, 0.1) is 11.8 Å². The van der Waals surface area contributed by atoms with Crippen molar-refractivity contribution >= 4 is 11.6 Å². The summed E-state index contributed by atoms with van der Waals surface area (Å²) >= 11 is 0. The van der Waals surface area contributed by atoms with Crippen LogP contribution < -0.4 is 10.6 Å². The average molecular weight is 258 g/mol. The number of nitrogens with one attached hydrogen (secondary N) is 2. The summed E-state index contributed by atoms with van der Waals surface area (Å²) in [5.74, 6) is 0.927. The van der Waals surface area contributed by atoms with Gasteiger partial charge in [0.1, 0.15) is 0 Å². The van der Waals surface area contributed by atoms with E-state index >= 15 is 0 Å². The highest BCUT2D eigenvalue weighted by Gasteiger charge is 2.29. The molecule has 3 rings (SSSR count). The SMILES string of the molecule is CC1CCCC1NC(=O)C1CNc2ccccc2C1. The van der Waals surface area contributed by atoms with Gasteiger partial charge in [-0.3, -0.25) is 4.79 Å². The molecule has 3 nitrogen and oxygen atoms in total. The van der Waals surface area contributed by atoms with Gasteiger partial charge in [0.05, 0.1) is 5.92 Å². The minimum atomic E-state index is 0.0719. The molecule has 1 aromatic rings. The molecule has 0 bridgehead atoms. The third-order valence-electron chi connectivity index (χ3n) is 4.58. The van der Waals surface area contributed by atoms with Gasteiger partial charge in [-0.15, -0.1) is 0 Å². The fourth-order valence-electron chi connectivity index (χ4n) is 3.29. The van der Waals surface area contributed by atoms with Crippen LogP contribution in [0.5, 0.6) is 0 Å². The molecule has 3 unspecified atom stereocenters. The molecule has 0 aromatic heterocycles. The molecule has 19 heavy (non-hydrogen) atoms. The Morgan fingerprint density at radius 3 is 2.95 bits per heavy atom. The van der Waals surface area contributed by atoms with E-state index in [1.165, 1.54) is 24.1 Å². The summed E-state index contributed by atoms with van der Waals surface area (Å²) < 4.78 is 0. The zero-order valence-corrected chi connectivity index (χ0v) is 11.5. The standard InChI is InChI=1S/C16H22N2O/c1-11-5-4-8-14(11)18-16(19)13-9-12-6-2-3-7-15(12)17-10-13/h2-3,6-7,11,13-14,17H,4-5,8-10H2,1H3,(H,18,19). The summed E-state index contributed by atoms with van der Waals surface area (Å²) in [5, 5.41) is 6.62. The van der Waals surface area contributed by atoms with Crippen LogP contribution in [0.15, 0.2) is 24.3 Å². The first-order valence-corrected chi connectivity index (χ1v) is 7.36. The topological polar surface area (TPSA) is 41.1 Å². The predicted molar refractivity (Wildman–Crippen MR) is 77.1 cm³/mol. The van der Waals surface area contributed by atoms with Crippen molar-refractivity contribution in [2.75, 3.05) is 11.9 Å². The number of hydrogen-bond donors (Lipinski definition) is 2. The molecule has 0 spiro atoms. The molecule has 2 aliphatic rings. The molecular weight excluding hydrogens is 236 g/mol. The van der Waals surface area contributed by atoms with E-state index < -0.39 is 0 Å². The van der Waals surface area contributed by atoms with Crippen molar-refractivity contribution in [1.82, 2.24) is 5.32 Å². The zero-order chi connectivity index (χ0) is 13.2. The number of rotatable bonds is 2. The van der Waals surface area contributed by atoms with Crippen LogP contribution >= 0.6 is 0 Å². The maximum absolute atomic E-state index is 12.4. The van der Waals surface area contributed by atoms with Crippen molar-refractivity contribution in [2.24, 2.45) is 11.8 Å². The predicted octanol–water partition coefficient (Wildman–Crippen LogP) is 2.58. The van der Waals surface area contributed by atoms with E-state index in [9.17, 15) is 4.79 Å². The summed E-state index contributed by atoms with van der Waals surface area (Å²) in [5.41, 5.74) is 2.44. The van der Waals surface area contributed by atoms with E-state index in [4.69, 9.17) is 0 Å². The fraction of sp³-hybridized carbons (Fsp3) is 0.562. The minimum Gasteiger partial charge on any atom is -0.384 e. The van der Waals surface area contributed by atoms with Crippen molar-refractivity contribution in [3.8, 4) is 0 Å². The number of para-hydroxylation sites is 1. The molecule has 3 atom stereocenters. The van der Waals surface area contributed by atoms with Gasteiger partial charge < -0.3 is 10.6 Å². The highest BCUT2D eigenvalue weighted by atomic mass is 16.2. The van der Waals surface area contributed by atoms with Crippen molar-refractivity contribution in [1.29, 1.82) is 0 Å². The van der Waals surface area contributed by atoms with E-state index in [-0.39, 0.29) is 11.8 Å². The summed E-state index contributed by atoms with van der Waals surface area (Å²) in [6.07, 6.45) is 4.49. The molecule has 1 heterocycles. The van der Waals surface area contributed by atoms with E-state index in [0.717, 1.165) is 19.4 Å². The van der Waals surface area contributed by atoms with Crippen molar-refractivity contribution in [2.45, 2.75) is 38.6 Å². The fourth-order valence-corrected chi connectivity index (χ4v) is 3.29. The van der Waals surface area contributed by atoms with Gasteiger partial charge in [0, 0.05) is 18.3 Å². The normalized spacial score (nSPS) is 29.4. The smallest absolute Gasteiger partial charge is 0.225 e. The molecule has 3 heteroatoms. The van der Waals surface area contributed by atoms with Crippen LogP contribution in [-0.4, -0.2) is 18.5 Å². The van der Waals surface area contributed by atoms with Crippen molar-refractivity contribution in [3.05, 3.63) is 29.8 Å². The van der Waals surface area contributed by atoms with Gasteiger partial charge in [-0.05, 0) is 36.8 Å². The van der Waals surface area contributed by atoms with Crippen molar-refractivity contribution < 1.29 is 4.79 Å². The summed E-state index contributed by atoms with van der Waals surface area (Å²) in [6.45, 7) is 3.00. The number of benzene rings is 1. The van der Waals surface area contributed by atoms with Gasteiger partial charge in [0.2, 0.25) is 5.91 Å². The summed E-state index contributed by atoms with van der Waals surface area (Å²) in [7, 11) is 0.